The van der Waals surface area contributed by atoms with Crippen molar-refractivity contribution in [1.82, 2.24) is 5.32 Å². The summed E-state index contributed by atoms with van der Waals surface area (Å²) in [5.41, 5.74) is 6.75. The molecule has 1 N–H and O–H groups in total. The number of hydrogen-bond donors (Lipinski definition) is 1. The normalized spacial score (nSPS) is 13.5. The predicted molar refractivity (Wildman–Crippen MR) is 170 cm³/mol. The smallest absolute Gasteiger partial charge is 0.294 e. The van der Waals surface area contributed by atoms with Gasteiger partial charge in [-0.2, -0.15) is 0 Å². The Morgan fingerprint density at radius 2 is 1.67 bits per heavy atom. The molecule has 4 aromatic carbocycles. The number of carbonyl (C=O) groups excluding carboxylic acids is 2. The summed E-state index contributed by atoms with van der Waals surface area (Å²) >= 11 is 0. The number of amides is 2. The van der Waals surface area contributed by atoms with Gasteiger partial charge in [0.2, 0.25) is 0 Å². The number of aryl methyl sites for hydroxylation is 2. The second-order valence-electron chi connectivity index (χ2n) is 10.6. The van der Waals surface area contributed by atoms with Crippen LogP contribution in [0.1, 0.15) is 46.0 Å². The Labute approximate surface area is 248 Å². The summed E-state index contributed by atoms with van der Waals surface area (Å²) in [6, 6.07) is 31.4. The number of anilines is 2. The van der Waals surface area contributed by atoms with Crippen molar-refractivity contribution in [3.8, 4) is 5.75 Å². The molecule has 5 rings (SSSR count). The zero-order valence-corrected chi connectivity index (χ0v) is 24.5. The van der Waals surface area contributed by atoms with E-state index in [0.29, 0.717) is 24.4 Å². The standard InChI is InChI=1S/C36H37N3O3/c1-4-38(31-10-7-9-27(3)23-31)22-8-21-37-35(40)30-19-17-28(18-20-30)24-34-36(41)39(25-29-15-13-26(2)14-16-29)32-11-5-6-12-33(32)42-34/h5-7,9-20,23-24H,4,8,21-22,25H2,1-3H3,(H,37,40). The molecule has 0 bridgehead atoms. The van der Waals surface area contributed by atoms with Crippen molar-refractivity contribution in [2.75, 3.05) is 29.4 Å². The highest BCUT2D eigenvalue weighted by atomic mass is 16.5. The molecule has 6 nitrogen and oxygen atoms in total. The Hall–Kier alpha value is -4.84. The van der Waals surface area contributed by atoms with Crippen molar-refractivity contribution in [2.24, 2.45) is 0 Å². The number of nitrogens with zero attached hydrogens (tertiary/aromatic N) is 2. The topological polar surface area (TPSA) is 61.9 Å². The first-order chi connectivity index (χ1) is 20.4. The molecule has 1 aliphatic heterocycles. The van der Waals surface area contributed by atoms with Gasteiger partial charge in [-0.1, -0.05) is 66.2 Å². The fraction of sp³-hybridized carbons (Fsp3) is 0.222. The van der Waals surface area contributed by atoms with E-state index in [2.05, 4.69) is 48.3 Å². The third-order valence-electron chi connectivity index (χ3n) is 7.40. The lowest BCUT2D eigenvalue weighted by molar-refractivity contribution is -0.117. The van der Waals surface area contributed by atoms with Crippen LogP contribution in [0.3, 0.4) is 0 Å². The molecule has 214 valence electrons. The lowest BCUT2D eigenvalue weighted by atomic mass is 10.1. The van der Waals surface area contributed by atoms with Crippen molar-refractivity contribution < 1.29 is 14.3 Å². The lowest BCUT2D eigenvalue weighted by Gasteiger charge is -2.30. The Bertz CT molecular complexity index is 1580. The maximum atomic E-state index is 13.5. The summed E-state index contributed by atoms with van der Waals surface area (Å²) in [7, 11) is 0. The van der Waals surface area contributed by atoms with Crippen molar-refractivity contribution >= 4 is 29.3 Å². The van der Waals surface area contributed by atoms with Crippen LogP contribution in [0.5, 0.6) is 5.75 Å². The van der Waals surface area contributed by atoms with Gasteiger partial charge in [-0.25, -0.2) is 0 Å². The molecule has 0 fully saturated rings. The molecule has 0 saturated carbocycles. The van der Waals surface area contributed by atoms with Gasteiger partial charge in [0, 0.05) is 30.9 Å². The molecular formula is C36H37N3O3. The average Bonchev–Trinajstić information content (AvgIpc) is 3.00. The van der Waals surface area contributed by atoms with Crippen LogP contribution in [0.15, 0.2) is 103 Å². The fourth-order valence-electron chi connectivity index (χ4n) is 5.05. The number of carbonyl (C=O) groups is 2. The van der Waals surface area contributed by atoms with E-state index in [-0.39, 0.29) is 17.6 Å². The molecule has 0 aromatic heterocycles. The molecule has 6 heteroatoms. The van der Waals surface area contributed by atoms with Gasteiger partial charge < -0.3 is 15.0 Å². The van der Waals surface area contributed by atoms with Crippen LogP contribution in [0.25, 0.3) is 6.08 Å². The zero-order chi connectivity index (χ0) is 29.5. The average molecular weight is 560 g/mol. The highest BCUT2D eigenvalue weighted by Crippen LogP contribution is 2.36. The number of hydrogen-bond acceptors (Lipinski definition) is 4. The third kappa shape index (κ3) is 6.89. The van der Waals surface area contributed by atoms with Gasteiger partial charge in [-0.3, -0.25) is 14.5 Å². The van der Waals surface area contributed by atoms with E-state index in [0.717, 1.165) is 36.3 Å². The number of nitrogens with one attached hydrogen (secondary N) is 1. The van der Waals surface area contributed by atoms with Crippen molar-refractivity contribution in [2.45, 2.75) is 33.7 Å². The van der Waals surface area contributed by atoms with E-state index < -0.39 is 0 Å². The van der Waals surface area contributed by atoms with Crippen LogP contribution in [0.2, 0.25) is 0 Å². The minimum atomic E-state index is -0.206. The van der Waals surface area contributed by atoms with Gasteiger partial charge in [0.05, 0.1) is 12.2 Å². The number of para-hydroxylation sites is 2. The second-order valence-corrected chi connectivity index (χ2v) is 10.6. The summed E-state index contributed by atoms with van der Waals surface area (Å²) in [4.78, 5) is 30.4. The molecule has 2 amide bonds. The molecule has 0 atom stereocenters. The summed E-state index contributed by atoms with van der Waals surface area (Å²) in [5.74, 6) is 0.557. The van der Waals surface area contributed by atoms with Gasteiger partial charge in [0.1, 0.15) is 0 Å². The molecule has 0 spiro atoms. The summed E-state index contributed by atoms with van der Waals surface area (Å²) in [6.07, 6.45) is 2.57. The largest absolute Gasteiger partial charge is 0.449 e. The van der Waals surface area contributed by atoms with E-state index in [1.807, 2.05) is 67.6 Å². The van der Waals surface area contributed by atoms with Crippen LogP contribution in [0, 0.1) is 13.8 Å². The maximum Gasteiger partial charge on any atom is 0.294 e. The first-order valence-electron chi connectivity index (χ1n) is 14.5. The van der Waals surface area contributed by atoms with Gasteiger partial charge in [-0.05, 0) is 86.4 Å². The highest BCUT2D eigenvalue weighted by molar-refractivity contribution is 6.09. The maximum absolute atomic E-state index is 13.5. The Kier molecular flexibility index (Phi) is 9.02. The van der Waals surface area contributed by atoms with Crippen LogP contribution in [0.4, 0.5) is 11.4 Å². The number of benzene rings is 4. The van der Waals surface area contributed by atoms with Crippen LogP contribution >= 0.6 is 0 Å². The molecule has 1 heterocycles. The monoisotopic (exact) mass is 559 g/mol. The SMILES string of the molecule is CCN(CCCNC(=O)c1ccc(C=C2Oc3ccccc3N(Cc3ccc(C)cc3)C2=O)cc1)c1cccc(C)c1. The minimum absolute atomic E-state index is 0.115. The first-order valence-corrected chi connectivity index (χ1v) is 14.5. The molecule has 0 aliphatic carbocycles. The van der Waals surface area contributed by atoms with Crippen LogP contribution in [-0.4, -0.2) is 31.4 Å². The molecule has 4 aromatic rings. The molecular weight excluding hydrogens is 522 g/mol. The van der Waals surface area contributed by atoms with Crippen molar-refractivity contribution in [3.63, 3.8) is 0 Å². The minimum Gasteiger partial charge on any atom is -0.449 e. The number of rotatable bonds is 10. The van der Waals surface area contributed by atoms with Gasteiger partial charge in [0.25, 0.3) is 11.8 Å². The van der Waals surface area contributed by atoms with E-state index in [1.54, 1.807) is 23.1 Å². The van der Waals surface area contributed by atoms with E-state index in [4.69, 9.17) is 4.74 Å². The predicted octanol–water partition coefficient (Wildman–Crippen LogP) is 6.92. The Morgan fingerprint density at radius 3 is 2.40 bits per heavy atom. The highest BCUT2D eigenvalue weighted by Gasteiger charge is 2.30. The van der Waals surface area contributed by atoms with Crippen LogP contribution < -0.4 is 19.9 Å². The van der Waals surface area contributed by atoms with Crippen molar-refractivity contribution in [1.29, 1.82) is 0 Å². The summed E-state index contributed by atoms with van der Waals surface area (Å²) in [5, 5.41) is 3.03. The Morgan fingerprint density at radius 1 is 0.905 bits per heavy atom. The summed E-state index contributed by atoms with van der Waals surface area (Å²) in [6.45, 7) is 9.09. The molecule has 1 aliphatic rings. The van der Waals surface area contributed by atoms with E-state index >= 15 is 0 Å². The van der Waals surface area contributed by atoms with Crippen LogP contribution in [-0.2, 0) is 11.3 Å². The van der Waals surface area contributed by atoms with Crippen molar-refractivity contribution in [3.05, 3.63) is 131 Å². The fourth-order valence-corrected chi connectivity index (χ4v) is 5.05. The molecule has 0 saturated heterocycles. The van der Waals surface area contributed by atoms with Gasteiger partial charge in [-0.15, -0.1) is 0 Å². The molecule has 42 heavy (non-hydrogen) atoms. The van der Waals surface area contributed by atoms with E-state index in [1.165, 1.54) is 16.8 Å². The number of ether oxygens (including phenoxy) is 1. The lowest BCUT2D eigenvalue weighted by Crippen LogP contribution is -2.36. The van der Waals surface area contributed by atoms with Gasteiger partial charge >= 0.3 is 0 Å². The molecule has 0 radical (unpaired) electrons. The summed E-state index contributed by atoms with van der Waals surface area (Å²) < 4.78 is 6.03. The molecule has 0 unspecified atom stereocenters. The van der Waals surface area contributed by atoms with Gasteiger partial charge in [0.15, 0.2) is 11.5 Å². The second kappa shape index (κ2) is 13.2. The quantitative estimate of drug-likeness (QED) is 0.169. The number of fused-ring (bicyclic) bond motifs is 1. The Balaban J connectivity index is 1.21. The first kappa shape index (κ1) is 28.7. The zero-order valence-electron chi connectivity index (χ0n) is 24.5. The third-order valence-corrected chi connectivity index (χ3v) is 7.40. The van der Waals surface area contributed by atoms with E-state index in [9.17, 15) is 9.59 Å².